The van der Waals surface area contributed by atoms with Crippen LogP contribution in [0.4, 0.5) is 5.69 Å². The topological polar surface area (TPSA) is 114 Å². The molecule has 29 heavy (non-hydrogen) atoms. The average molecular weight is 452 g/mol. The molecule has 0 N–H and O–H groups in total. The fourth-order valence-electron chi connectivity index (χ4n) is 1.63. The van der Waals surface area contributed by atoms with Gasteiger partial charge in [0.25, 0.3) is 5.69 Å². The van der Waals surface area contributed by atoms with Gasteiger partial charge in [0.1, 0.15) is 0 Å². The van der Waals surface area contributed by atoms with Gasteiger partial charge < -0.3 is 10.4 Å². The van der Waals surface area contributed by atoms with E-state index in [0.717, 1.165) is 16.5 Å². The van der Waals surface area contributed by atoms with Crippen LogP contribution in [0.5, 0.6) is 0 Å². The zero-order chi connectivity index (χ0) is 20.6. The van der Waals surface area contributed by atoms with E-state index in [4.69, 9.17) is 11.6 Å². The quantitative estimate of drug-likeness (QED) is 0.196. The van der Waals surface area contributed by atoms with Gasteiger partial charge in [-0.25, -0.2) is 0 Å². The van der Waals surface area contributed by atoms with E-state index in [1.807, 2.05) is 6.92 Å². The Kier molecular flexibility index (Phi) is 18.2. The highest BCUT2D eigenvalue weighted by molar-refractivity contribution is 6.62. The summed E-state index contributed by atoms with van der Waals surface area (Å²) >= 11 is 10.4. The third-order valence-corrected chi connectivity index (χ3v) is 3.82. The number of hydrogen-bond acceptors (Lipinski definition) is 5. The maximum atomic E-state index is 10.9. The molecule has 0 spiro atoms. The number of nitro groups is 1. The molecule has 0 radical (unpaired) electrons. The van der Waals surface area contributed by atoms with Crippen LogP contribution in [0.25, 0.3) is 0 Å². The van der Waals surface area contributed by atoms with Crippen molar-refractivity contribution in [3.05, 3.63) is 72.6 Å². The highest BCUT2D eigenvalue weighted by Gasteiger charge is 2.17. The van der Waals surface area contributed by atoms with Gasteiger partial charge in [0.2, 0.25) is 5.24 Å². The summed E-state index contributed by atoms with van der Waals surface area (Å²) < 4.78 is 1.42. The molecule has 0 aliphatic rings. The van der Waals surface area contributed by atoms with Crippen LogP contribution in [0.3, 0.4) is 0 Å². The predicted octanol–water partition coefficient (Wildman–Crippen LogP) is 5.12. The minimum absolute atomic E-state index is 0. The van der Waals surface area contributed by atoms with Crippen LogP contribution in [0.1, 0.15) is 51.7 Å². The second-order valence-corrected chi connectivity index (χ2v) is 6.10. The van der Waals surface area contributed by atoms with E-state index in [2.05, 4.69) is 11.6 Å². The van der Waals surface area contributed by atoms with Gasteiger partial charge >= 0.3 is 0 Å². The average Bonchev–Trinajstić information content (AvgIpc) is 2.54. The first kappa shape index (κ1) is 34.1. The number of pyridine rings is 2. The molecule has 2 heterocycles. The molecule has 2 aromatic heterocycles. The summed E-state index contributed by atoms with van der Waals surface area (Å²) in [6.07, 6.45) is 2.55. The molecule has 0 saturated carbocycles. The first-order valence-electron chi connectivity index (χ1n) is 7.24. The van der Waals surface area contributed by atoms with E-state index in [1.165, 1.54) is 19.2 Å². The van der Waals surface area contributed by atoms with Crippen LogP contribution in [0.2, 0.25) is 5.02 Å². The SMILES string of the molecule is C.C.C.CC(=O)Cl.Cc1c(Cl)cc[n+]([O-])c1C.Cc1c([N+](=O)[O-])cc[n+]([O-])c1C. The van der Waals surface area contributed by atoms with E-state index in [-0.39, 0.29) is 33.2 Å². The van der Waals surface area contributed by atoms with Crippen LogP contribution in [0, 0.1) is 48.2 Å². The maximum absolute atomic E-state index is 10.9. The van der Waals surface area contributed by atoms with Gasteiger partial charge in [-0.2, -0.15) is 9.46 Å². The van der Waals surface area contributed by atoms with E-state index in [9.17, 15) is 25.3 Å². The van der Waals surface area contributed by atoms with Crippen molar-refractivity contribution in [3.8, 4) is 0 Å². The van der Waals surface area contributed by atoms with Crippen molar-refractivity contribution in [2.24, 2.45) is 0 Å². The molecule has 8 nitrogen and oxygen atoms in total. The van der Waals surface area contributed by atoms with Crippen molar-refractivity contribution in [2.45, 2.75) is 56.9 Å². The third-order valence-electron chi connectivity index (χ3n) is 3.41. The lowest BCUT2D eigenvalue weighted by Gasteiger charge is -2.02. The number of halogens is 2. The minimum Gasteiger partial charge on any atom is -0.619 e. The van der Waals surface area contributed by atoms with Crippen molar-refractivity contribution in [2.75, 3.05) is 0 Å². The summed E-state index contributed by atoms with van der Waals surface area (Å²) in [5.41, 5.74) is 2.27. The Morgan fingerprint density at radius 3 is 1.62 bits per heavy atom. The number of carbonyl (C=O) groups excluding carboxylic acids is 1. The number of hydrogen-bond donors (Lipinski definition) is 0. The molecule has 0 fully saturated rings. The van der Waals surface area contributed by atoms with Crippen molar-refractivity contribution in [3.63, 3.8) is 0 Å². The van der Waals surface area contributed by atoms with Crippen molar-refractivity contribution < 1.29 is 19.2 Å². The first-order chi connectivity index (χ1) is 11.9. The number of aromatic nitrogens is 2. The lowest BCUT2D eigenvalue weighted by Crippen LogP contribution is -2.30. The minimum atomic E-state index is -0.498. The Bertz CT molecular complexity index is 784. The zero-order valence-electron chi connectivity index (χ0n) is 14.9. The number of nitrogens with zero attached hydrogens (tertiary/aromatic N) is 3. The molecule has 10 heteroatoms. The van der Waals surface area contributed by atoms with Gasteiger partial charge in [-0.1, -0.05) is 33.9 Å². The van der Waals surface area contributed by atoms with E-state index < -0.39 is 4.92 Å². The summed E-state index contributed by atoms with van der Waals surface area (Å²) in [5.74, 6) is 0. The Labute approximate surface area is 183 Å². The first-order valence-corrected chi connectivity index (χ1v) is 8.00. The van der Waals surface area contributed by atoms with Gasteiger partial charge in [0.15, 0.2) is 23.8 Å². The Morgan fingerprint density at radius 2 is 1.28 bits per heavy atom. The van der Waals surface area contributed by atoms with Crippen molar-refractivity contribution in [1.82, 2.24) is 0 Å². The van der Waals surface area contributed by atoms with Crippen LogP contribution in [-0.4, -0.2) is 10.2 Å². The summed E-state index contributed by atoms with van der Waals surface area (Å²) in [4.78, 5) is 19.1. The highest BCUT2D eigenvalue weighted by Crippen LogP contribution is 2.16. The molecular weight excluding hydrogens is 421 g/mol. The van der Waals surface area contributed by atoms with Crippen LogP contribution in [0.15, 0.2) is 24.5 Å². The molecule has 0 saturated heterocycles. The summed E-state index contributed by atoms with van der Waals surface area (Å²) in [7, 11) is 0. The van der Waals surface area contributed by atoms with Gasteiger partial charge in [-0.05, 0) is 25.4 Å². The third kappa shape index (κ3) is 11.2. The van der Waals surface area contributed by atoms with Crippen LogP contribution < -0.4 is 9.46 Å². The lowest BCUT2D eigenvalue weighted by molar-refractivity contribution is -0.613. The fraction of sp³-hybridized carbons (Fsp3) is 0.421. The molecule has 0 aliphatic carbocycles. The lowest BCUT2D eigenvalue weighted by atomic mass is 10.2. The molecule has 0 amide bonds. The van der Waals surface area contributed by atoms with Crippen LogP contribution in [-0.2, 0) is 4.79 Å². The van der Waals surface area contributed by atoms with Gasteiger partial charge in [0.05, 0.1) is 21.6 Å². The molecule has 0 aliphatic heterocycles. The number of carbonyl (C=O) groups is 1. The van der Waals surface area contributed by atoms with E-state index in [1.54, 1.807) is 26.8 Å². The fourth-order valence-corrected chi connectivity index (χ4v) is 1.82. The zero-order valence-corrected chi connectivity index (χ0v) is 16.5. The molecule has 0 bridgehead atoms. The van der Waals surface area contributed by atoms with Crippen molar-refractivity contribution in [1.29, 1.82) is 0 Å². The smallest absolute Gasteiger partial charge is 0.284 e. The van der Waals surface area contributed by atoms with Crippen molar-refractivity contribution >= 4 is 34.1 Å². The monoisotopic (exact) mass is 451 g/mol. The second kappa shape index (κ2) is 15.5. The largest absolute Gasteiger partial charge is 0.619 e. The Hall–Kier alpha value is -2.45. The molecule has 166 valence electrons. The Morgan fingerprint density at radius 1 is 0.931 bits per heavy atom. The Balaban J connectivity index is -0.000000169. The molecule has 0 unspecified atom stereocenters. The molecule has 0 aromatic carbocycles. The number of rotatable bonds is 1. The standard InChI is InChI=1S/C7H8ClNO.C7H8N2O3.C2H3ClO.3CH4/c1-5-6(2)9(10)4-3-7(5)8;1-5-6(2)8(10)4-3-7(5)9(11)12;1-2(3)4;;;/h3-4H,1-2H3;3-4H,1-2H3;1H3;3*1H4. The van der Waals surface area contributed by atoms with Gasteiger partial charge in [-0.15, -0.1) is 0 Å². The van der Waals surface area contributed by atoms with Gasteiger partial charge in [-0.3, -0.25) is 14.9 Å². The predicted molar refractivity (Wildman–Crippen MR) is 118 cm³/mol. The summed E-state index contributed by atoms with van der Waals surface area (Å²) in [6.45, 7) is 7.97. The normalized spacial score (nSPS) is 8.38. The van der Waals surface area contributed by atoms with E-state index in [0.29, 0.717) is 26.7 Å². The van der Waals surface area contributed by atoms with E-state index >= 15 is 0 Å². The van der Waals surface area contributed by atoms with Crippen LogP contribution >= 0.6 is 23.2 Å². The molecule has 2 aromatic rings. The summed E-state index contributed by atoms with van der Waals surface area (Å²) in [6, 6.07) is 2.80. The van der Waals surface area contributed by atoms with Gasteiger partial charge in [0, 0.05) is 32.4 Å². The molecule has 2 rings (SSSR count). The maximum Gasteiger partial charge on any atom is 0.284 e. The molecule has 0 atom stereocenters. The molecular formula is C19H31Cl2N3O5. The second-order valence-electron chi connectivity index (χ2n) is 5.16. The highest BCUT2D eigenvalue weighted by atomic mass is 35.5. The summed E-state index contributed by atoms with van der Waals surface area (Å²) in [5, 5.41) is 32.4.